The fourth-order valence-corrected chi connectivity index (χ4v) is 1.82. The van der Waals surface area contributed by atoms with Gasteiger partial charge in [0, 0.05) is 9.94 Å². The van der Waals surface area contributed by atoms with Gasteiger partial charge >= 0.3 is 7.12 Å². The third-order valence-electron chi connectivity index (χ3n) is 1.75. The lowest BCUT2D eigenvalue weighted by Gasteiger charge is -2.11. The molecule has 5 heteroatoms. The van der Waals surface area contributed by atoms with E-state index in [4.69, 9.17) is 14.8 Å². The van der Waals surface area contributed by atoms with Crippen LogP contribution < -0.4 is 10.2 Å². The molecule has 1 aromatic carbocycles. The smallest absolute Gasteiger partial charge is 0.492 e. The van der Waals surface area contributed by atoms with Gasteiger partial charge in [-0.05, 0) is 24.6 Å². The third kappa shape index (κ3) is 2.24. The highest BCUT2D eigenvalue weighted by molar-refractivity contribution is 9.10. The van der Waals surface area contributed by atoms with E-state index in [1.807, 2.05) is 13.0 Å². The van der Waals surface area contributed by atoms with E-state index in [-0.39, 0.29) is 0 Å². The van der Waals surface area contributed by atoms with Crippen LogP contribution >= 0.6 is 15.9 Å². The molecule has 0 radical (unpaired) electrons. The van der Waals surface area contributed by atoms with E-state index in [2.05, 4.69) is 15.9 Å². The molecule has 0 aliphatic heterocycles. The molecule has 70 valence electrons. The van der Waals surface area contributed by atoms with E-state index in [1.165, 1.54) is 7.11 Å². The molecule has 2 N–H and O–H groups in total. The first-order valence-corrected chi connectivity index (χ1v) is 4.55. The van der Waals surface area contributed by atoms with Gasteiger partial charge in [-0.3, -0.25) is 0 Å². The number of rotatable bonds is 2. The van der Waals surface area contributed by atoms with Gasteiger partial charge in [0.25, 0.3) is 0 Å². The molecule has 0 heterocycles. The van der Waals surface area contributed by atoms with Crippen molar-refractivity contribution in [2.75, 3.05) is 7.11 Å². The van der Waals surface area contributed by atoms with E-state index in [1.54, 1.807) is 6.07 Å². The first kappa shape index (κ1) is 10.6. The number of ether oxygens (including phenoxy) is 1. The van der Waals surface area contributed by atoms with Gasteiger partial charge in [-0.1, -0.05) is 15.9 Å². The number of methoxy groups -OCH3 is 1. The van der Waals surface area contributed by atoms with Crippen LogP contribution in [0.4, 0.5) is 0 Å². The maximum Gasteiger partial charge on any atom is 0.492 e. The van der Waals surface area contributed by atoms with Gasteiger partial charge in [0.1, 0.15) is 5.75 Å². The Labute approximate surface area is 85.6 Å². The molecule has 0 aromatic heterocycles. The second-order valence-electron chi connectivity index (χ2n) is 2.72. The van der Waals surface area contributed by atoms with E-state index >= 15 is 0 Å². The molecule has 3 nitrogen and oxygen atoms in total. The molecule has 0 saturated heterocycles. The molecule has 0 fully saturated rings. The molecule has 0 aliphatic rings. The topological polar surface area (TPSA) is 49.7 Å². The SMILES string of the molecule is COc1c(C)cc(Br)cc1B(O)O. The molecule has 0 unspecified atom stereocenters. The maximum atomic E-state index is 9.04. The highest BCUT2D eigenvalue weighted by Gasteiger charge is 2.18. The Balaban J connectivity index is 3.29. The molecule has 13 heavy (non-hydrogen) atoms. The van der Waals surface area contributed by atoms with Crippen molar-refractivity contribution in [2.24, 2.45) is 0 Å². The van der Waals surface area contributed by atoms with Crippen molar-refractivity contribution in [1.82, 2.24) is 0 Å². The average Bonchev–Trinajstić information content (AvgIpc) is 2.02. The zero-order chi connectivity index (χ0) is 10.0. The summed E-state index contributed by atoms with van der Waals surface area (Å²) in [6, 6.07) is 3.47. The van der Waals surface area contributed by atoms with Crippen LogP contribution in [0.2, 0.25) is 0 Å². The lowest BCUT2D eigenvalue weighted by atomic mass is 9.78. The summed E-state index contributed by atoms with van der Waals surface area (Å²) in [6.07, 6.45) is 0. The molecule has 0 saturated carbocycles. The van der Waals surface area contributed by atoms with Crippen LogP contribution in [0.3, 0.4) is 0 Å². The molecule has 0 amide bonds. The second-order valence-corrected chi connectivity index (χ2v) is 3.63. The zero-order valence-corrected chi connectivity index (χ0v) is 9.00. The highest BCUT2D eigenvalue weighted by Crippen LogP contribution is 2.20. The van der Waals surface area contributed by atoms with Crippen LogP contribution in [-0.2, 0) is 0 Å². The van der Waals surface area contributed by atoms with Crippen molar-refractivity contribution in [3.05, 3.63) is 22.2 Å². The lowest BCUT2D eigenvalue weighted by Crippen LogP contribution is -2.31. The summed E-state index contributed by atoms with van der Waals surface area (Å²) in [4.78, 5) is 0. The van der Waals surface area contributed by atoms with E-state index in [0.29, 0.717) is 11.2 Å². The van der Waals surface area contributed by atoms with Crippen LogP contribution in [-0.4, -0.2) is 24.3 Å². The molecule has 1 aromatic rings. The van der Waals surface area contributed by atoms with Crippen molar-refractivity contribution in [3.8, 4) is 5.75 Å². The normalized spacial score (nSPS) is 9.92. The fraction of sp³-hybridized carbons (Fsp3) is 0.250. The lowest BCUT2D eigenvalue weighted by molar-refractivity contribution is 0.401. The Hall–Kier alpha value is -0.515. The van der Waals surface area contributed by atoms with Gasteiger partial charge in [0.05, 0.1) is 7.11 Å². The third-order valence-corrected chi connectivity index (χ3v) is 2.21. The largest absolute Gasteiger partial charge is 0.497 e. The van der Waals surface area contributed by atoms with E-state index < -0.39 is 7.12 Å². The summed E-state index contributed by atoms with van der Waals surface area (Å²) in [5, 5.41) is 18.1. The standard InChI is InChI=1S/C8H10BBrO3/c1-5-3-6(10)4-7(9(11)12)8(5)13-2/h3-4,11-12H,1-2H3. The molecule has 0 bridgehead atoms. The van der Waals surface area contributed by atoms with Gasteiger partial charge in [-0.2, -0.15) is 0 Å². The van der Waals surface area contributed by atoms with Gasteiger partial charge < -0.3 is 14.8 Å². The van der Waals surface area contributed by atoms with Gasteiger partial charge in [0.15, 0.2) is 0 Å². The predicted octanol–water partition coefficient (Wildman–Crippen LogP) is 0.446. The number of benzene rings is 1. The monoisotopic (exact) mass is 244 g/mol. The summed E-state index contributed by atoms with van der Waals surface area (Å²) in [5.74, 6) is 0.512. The molecule has 0 atom stereocenters. The molecule has 0 spiro atoms. The van der Waals surface area contributed by atoms with Crippen molar-refractivity contribution >= 4 is 28.5 Å². The maximum absolute atomic E-state index is 9.04. The Morgan fingerprint density at radius 2 is 2.00 bits per heavy atom. The minimum absolute atomic E-state index is 0.370. The van der Waals surface area contributed by atoms with Crippen LogP contribution in [0.1, 0.15) is 5.56 Å². The van der Waals surface area contributed by atoms with Crippen molar-refractivity contribution in [1.29, 1.82) is 0 Å². The Kier molecular flexibility index (Phi) is 3.36. The van der Waals surface area contributed by atoms with Crippen LogP contribution in [0.15, 0.2) is 16.6 Å². The second kappa shape index (κ2) is 4.13. The first-order valence-electron chi connectivity index (χ1n) is 3.76. The van der Waals surface area contributed by atoms with Crippen molar-refractivity contribution in [3.63, 3.8) is 0 Å². The summed E-state index contributed by atoms with van der Waals surface area (Å²) >= 11 is 3.27. The van der Waals surface area contributed by atoms with Gasteiger partial charge in [0.2, 0.25) is 0 Å². The number of halogens is 1. The van der Waals surface area contributed by atoms with Gasteiger partial charge in [-0.25, -0.2) is 0 Å². The first-order chi connectivity index (χ1) is 6.06. The summed E-state index contributed by atoms with van der Waals surface area (Å²) < 4.78 is 5.85. The van der Waals surface area contributed by atoms with Crippen LogP contribution in [0, 0.1) is 6.92 Å². The molecular formula is C8H10BBrO3. The predicted molar refractivity (Wildman–Crippen MR) is 55.3 cm³/mol. The highest BCUT2D eigenvalue weighted by atomic mass is 79.9. The Morgan fingerprint density at radius 1 is 1.38 bits per heavy atom. The zero-order valence-electron chi connectivity index (χ0n) is 7.41. The summed E-state index contributed by atoms with van der Waals surface area (Å²) in [7, 11) is -0.00609. The van der Waals surface area contributed by atoms with Gasteiger partial charge in [-0.15, -0.1) is 0 Å². The van der Waals surface area contributed by atoms with E-state index in [0.717, 1.165) is 10.0 Å². The minimum atomic E-state index is -1.51. The minimum Gasteiger partial charge on any atom is -0.497 e. The summed E-state index contributed by atoms with van der Waals surface area (Å²) in [6.45, 7) is 1.84. The average molecular weight is 245 g/mol. The number of hydrogen-bond acceptors (Lipinski definition) is 3. The quantitative estimate of drug-likeness (QED) is 0.743. The van der Waals surface area contributed by atoms with Crippen molar-refractivity contribution < 1.29 is 14.8 Å². The molecule has 1 rings (SSSR count). The number of aryl methyl sites for hydroxylation is 1. The Morgan fingerprint density at radius 3 is 2.46 bits per heavy atom. The Bertz CT molecular complexity index is 315. The number of hydrogen-bond donors (Lipinski definition) is 2. The van der Waals surface area contributed by atoms with Crippen LogP contribution in [0.5, 0.6) is 5.75 Å². The fourth-order valence-electron chi connectivity index (χ4n) is 1.23. The van der Waals surface area contributed by atoms with E-state index in [9.17, 15) is 0 Å². The summed E-state index contributed by atoms with van der Waals surface area (Å²) in [5.41, 5.74) is 1.23. The van der Waals surface area contributed by atoms with Crippen LogP contribution in [0.25, 0.3) is 0 Å². The molecular weight excluding hydrogens is 235 g/mol. The van der Waals surface area contributed by atoms with Crippen molar-refractivity contribution in [2.45, 2.75) is 6.92 Å². The molecule has 0 aliphatic carbocycles.